The summed E-state index contributed by atoms with van der Waals surface area (Å²) in [5.74, 6) is -2.30. The normalized spacial score (nSPS) is 13.3. The van der Waals surface area contributed by atoms with Crippen molar-refractivity contribution < 1.29 is 53.1 Å². The standard InChI is InChI=1S/C46H57N5O11/c1-29(2)40(51-46(58)62-28-32-14-10-7-11-15-32)44(56)50-37(24-30-12-8-6-9-13-30)42(54)41(47-26-31-16-19-34(59-3)20-17-31)45(57)49-36(22-23-39(53)61-5)43(55)48-27-33-18-21-35(60-4)25-38(33)52/h6-21,25,29,36-37,40-42,47,52,54H,22-24,26-28H2,1-5H3,(H,48,55)(H,49,57)(H,50,56)(H,51,58)/t36-,37-,40-,41+,42+/m0/s1. The number of hydrogen-bond acceptors (Lipinski definition) is 12. The topological polar surface area (TPSA) is 223 Å². The SMILES string of the molecule is COC(=O)CC[C@H](NC(=O)[C@H](NCc1ccc(OC)cc1)[C@H](O)[C@H](Cc1ccccc1)NC(=O)[C@@H](NC(=O)OCc1ccccc1)C(C)C)C(=O)NCc1ccc(OC)cc1O. The van der Waals surface area contributed by atoms with Crippen molar-refractivity contribution in [2.75, 3.05) is 21.3 Å². The maximum absolute atomic E-state index is 14.5. The van der Waals surface area contributed by atoms with Crippen molar-refractivity contribution in [3.05, 3.63) is 125 Å². The number of aliphatic hydroxyl groups excluding tert-OH is 1. The molecule has 16 nitrogen and oxygen atoms in total. The second-order valence-electron chi connectivity index (χ2n) is 14.8. The van der Waals surface area contributed by atoms with Crippen LogP contribution in [-0.2, 0) is 54.8 Å². The number of carbonyl (C=O) groups is 5. The molecule has 0 aliphatic heterocycles. The van der Waals surface area contributed by atoms with Crippen molar-refractivity contribution >= 4 is 29.8 Å². The Balaban J connectivity index is 1.62. The van der Waals surface area contributed by atoms with Crippen molar-refractivity contribution in [3.63, 3.8) is 0 Å². The number of methoxy groups -OCH3 is 3. The number of amides is 4. The van der Waals surface area contributed by atoms with E-state index in [1.54, 1.807) is 86.6 Å². The van der Waals surface area contributed by atoms with Crippen LogP contribution in [0.5, 0.6) is 17.2 Å². The van der Waals surface area contributed by atoms with Crippen LogP contribution in [0.2, 0.25) is 0 Å². The molecule has 4 amide bonds. The van der Waals surface area contributed by atoms with Crippen LogP contribution >= 0.6 is 0 Å². The summed E-state index contributed by atoms with van der Waals surface area (Å²) in [5.41, 5.74) is 2.56. The molecule has 7 N–H and O–H groups in total. The van der Waals surface area contributed by atoms with E-state index in [1.807, 2.05) is 24.3 Å². The van der Waals surface area contributed by atoms with Crippen molar-refractivity contribution in [2.24, 2.45) is 5.92 Å². The van der Waals surface area contributed by atoms with Crippen LogP contribution in [0, 0.1) is 5.92 Å². The number of nitrogens with one attached hydrogen (secondary N) is 5. The van der Waals surface area contributed by atoms with Gasteiger partial charge in [-0.05, 0) is 59.7 Å². The van der Waals surface area contributed by atoms with E-state index in [0.29, 0.717) is 17.1 Å². The van der Waals surface area contributed by atoms with E-state index in [2.05, 4.69) is 26.6 Å². The zero-order valence-corrected chi connectivity index (χ0v) is 35.6. The van der Waals surface area contributed by atoms with Gasteiger partial charge in [0, 0.05) is 31.1 Å². The number of aliphatic hydroxyl groups is 1. The molecule has 5 atom stereocenters. The molecule has 332 valence electrons. The monoisotopic (exact) mass is 855 g/mol. The van der Waals surface area contributed by atoms with Crippen LogP contribution in [0.1, 0.15) is 48.9 Å². The minimum atomic E-state index is -1.64. The zero-order valence-electron chi connectivity index (χ0n) is 35.6. The Morgan fingerprint density at radius 3 is 1.87 bits per heavy atom. The number of ether oxygens (including phenoxy) is 4. The maximum atomic E-state index is 14.5. The number of phenolic OH excluding ortho intramolecular Hbond substituents is 1. The molecule has 0 aliphatic rings. The number of alkyl carbamates (subject to hydrolysis) is 1. The smallest absolute Gasteiger partial charge is 0.408 e. The molecule has 16 heteroatoms. The Morgan fingerprint density at radius 2 is 1.27 bits per heavy atom. The van der Waals surface area contributed by atoms with Gasteiger partial charge in [-0.15, -0.1) is 0 Å². The van der Waals surface area contributed by atoms with Crippen molar-refractivity contribution in [1.82, 2.24) is 26.6 Å². The van der Waals surface area contributed by atoms with Crippen LogP contribution in [0.3, 0.4) is 0 Å². The molecule has 0 unspecified atom stereocenters. The first-order valence-corrected chi connectivity index (χ1v) is 20.2. The summed E-state index contributed by atoms with van der Waals surface area (Å²) in [7, 11) is 4.18. The molecule has 0 saturated carbocycles. The largest absolute Gasteiger partial charge is 0.507 e. The average molecular weight is 856 g/mol. The lowest BCUT2D eigenvalue weighted by Crippen LogP contribution is -2.63. The number of phenols is 1. The molecule has 0 bridgehead atoms. The fourth-order valence-electron chi connectivity index (χ4n) is 6.42. The van der Waals surface area contributed by atoms with Gasteiger partial charge in [0.05, 0.1) is 33.5 Å². The molecule has 0 fully saturated rings. The predicted octanol–water partition coefficient (Wildman–Crippen LogP) is 3.66. The number of rotatable bonds is 23. The zero-order chi connectivity index (χ0) is 45.0. The van der Waals surface area contributed by atoms with E-state index >= 15 is 0 Å². The van der Waals surface area contributed by atoms with Crippen LogP contribution in [0.25, 0.3) is 0 Å². The minimum Gasteiger partial charge on any atom is -0.507 e. The molecule has 4 aromatic rings. The van der Waals surface area contributed by atoms with Gasteiger partial charge in [-0.1, -0.05) is 86.6 Å². The number of aromatic hydroxyl groups is 1. The van der Waals surface area contributed by atoms with Gasteiger partial charge >= 0.3 is 12.1 Å². The Kier molecular flexibility index (Phi) is 19.0. The van der Waals surface area contributed by atoms with Gasteiger partial charge in [-0.2, -0.15) is 0 Å². The summed E-state index contributed by atoms with van der Waals surface area (Å²) in [5, 5.41) is 36.8. The van der Waals surface area contributed by atoms with E-state index in [4.69, 9.17) is 18.9 Å². The number of hydrogen-bond donors (Lipinski definition) is 7. The number of carbonyl (C=O) groups excluding carboxylic acids is 5. The Morgan fingerprint density at radius 1 is 0.661 bits per heavy atom. The molecule has 0 saturated heterocycles. The minimum absolute atomic E-state index is 0.0201. The first-order chi connectivity index (χ1) is 29.8. The number of benzene rings is 4. The molecule has 0 spiro atoms. The summed E-state index contributed by atoms with van der Waals surface area (Å²) < 4.78 is 20.6. The molecule has 62 heavy (non-hydrogen) atoms. The van der Waals surface area contributed by atoms with Gasteiger partial charge in [0.25, 0.3) is 0 Å². The van der Waals surface area contributed by atoms with Gasteiger partial charge in [-0.25, -0.2) is 4.79 Å². The number of esters is 1. The van der Waals surface area contributed by atoms with Crippen LogP contribution in [-0.4, -0.2) is 91.6 Å². The maximum Gasteiger partial charge on any atom is 0.408 e. The highest BCUT2D eigenvalue weighted by Crippen LogP contribution is 2.23. The van der Waals surface area contributed by atoms with E-state index in [0.717, 1.165) is 16.7 Å². The van der Waals surface area contributed by atoms with Crippen molar-refractivity contribution in [3.8, 4) is 17.2 Å². The summed E-state index contributed by atoms with van der Waals surface area (Å²) in [4.78, 5) is 67.4. The van der Waals surface area contributed by atoms with Crippen molar-refractivity contribution in [1.29, 1.82) is 0 Å². The van der Waals surface area contributed by atoms with E-state index in [-0.39, 0.29) is 44.7 Å². The van der Waals surface area contributed by atoms with Crippen LogP contribution in [0.15, 0.2) is 103 Å². The van der Waals surface area contributed by atoms with Crippen LogP contribution < -0.4 is 36.1 Å². The molecular formula is C46H57N5O11. The Hall–Kier alpha value is -6.65. The predicted molar refractivity (Wildman–Crippen MR) is 230 cm³/mol. The molecule has 0 aliphatic carbocycles. The molecule has 4 aromatic carbocycles. The summed E-state index contributed by atoms with van der Waals surface area (Å²) >= 11 is 0. The fraction of sp³-hybridized carbons (Fsp3) is 0.370. The Bertz CT molecular complexity index is 2050. The third-order valence-electron chi connectivity index (χ3n) is 10.0. The second kappa shape index (κ2) is 24.6. The third kappa shape index (κ3) is 15.1. The highest BCUT2D eigenvalue weighted by molar-refractivity contribution is 5.91. The molecule has 4 rings (SSSR count). The van der Waals surface area contributed by atoms with Gasteiger partial charge in [0.1, 0.15) is 42.0 Å². The van der Waals surface area contributed by atoms with Gasteiger partial charge in [0.2, 0.25) is 17.7 Å². The van der Waals surface area contributed by atoms with Gasteiger partial charge in [-0.3, -0.25) is 24.5 Å². The van der Waals surface area contributed by atoms with Gasteiger partial charge in [0.15, 0.2) is 0 Å². The Labute approximate surface area is 361 Å². The molecule has 0 aromatic heterocycles. The van der Waals surface area contributed by atoms with Crippen LogP contribution in [0.4, 0.5) is 4.79 Å². The molecule has 0 radical (unpaired) electrons. The average Bonchev–Trinajstić information content (AvgIpc) is 3.28. The van der Waals surface area contributed by atoms with Gasteiger partial charge < -0.3 is 50.4 Å². The molecular weight excluding hydrogens is 799 g/mol. The lowest BCUT2D eigenvalue weighted by Gasteiger charge is -2.33. The summed E-state index contributed by atoms with van der Waals surface area (Å²) in [6.45, 7) is 3.40. The highest BCUT2D eigenvalue weighted by Gasteiger charge is 2.37. The summed E-state index contributed by atoms with van der Waals surface area (Å²) in [6.07, 6.45) is -2.82. The lowest BCUT2D eigenvalue weighted by atomic mass is 9.94. The summed E-state index contributed by atoms with van der Waals surface area (Å²) in [6, 6.07) is 24.7. The fourth-order valence-corrected chi connectivity index (χ4v) is 6.42. The first kappa shape index (κ1) is 48.0. The quantitative estimate of drug-likeness (QED) is 0.0532. The van der Waals surface area contributed by atoms with E-state index < -0.39 is 66.0 Å². The lowest BCUT2D eigenvalue weighted by molar-refractivity contribution is -0.141. The van der Waals surface area contributed by atoms with E-state index in [9.17, 15) is 34.2 Å². The first-order valence-electron chi connectivity index (χ1n) is 20.2. The van der Waals surface area contributed by atoms with Crippen molar-refractivity contribution in [2.45, 2.75) is 83.1 Å². The third-order valence-corrected chi connectivity index (χ3v) is 10.0. The van der Waals surface area contributed by atoms with E-state index in [1.165, 1.54) is 27.4 Å². The second-order valence-corrected chi connectivity index (χ2v) is 14.8. The highest BCUT2D eigenvalue weighted by atomic mass is 16.5. The molecule has 0 heterocycles.